The Labute approximate surface area is 236 Å². The van der Waals surface area contributed by atoms with Crippen molar-refractivity contribution in [2.75, 3.05) is 19.0 Å². The van der Waals surface area contributed by atoms with Crippen molar-refractivity contribution in [3.8, 4) is 11.5 Å². The maximum absolute atomic E-state index is 13.7. The summed E-state index contributed by atoms with van der Waals surface area (Å²) < 4.78 is 13.5. The smallest absolute Gasteiger partial charge is 0.256 e. The Kier molecular flexibility index (Phi) is 6.44. The molecule has 196 valence electrons. The summed E-state index contributed by atoms with van der Waals surface area (Å²) in [4.78, 5) is 28.3. The van der Waals surface area contributed by atoms with E-state index in [4.69, 9.17) is 9.47 Å². The Morgan fingerprint density at radius 1 is 1.16 bits per heavy atom. The number of anilines is 1. The number of nitrogens with one attached hydrogen (secondary N) is 1. The number of para-hydroxylation sites is 1. The van der Waals surface area contributed by atoms with Crippen molar-refractivity contribution in [2.45, 2.75) is 43.0 Å². The Morgan fingerprint density at radius 2 is 1.92 bits per heavy atom. The van der Waals surface area contributed by atoms with Gasteiger partial charge in [-0.2, -0.15) is 0 Å². The van der Waals surface area contributed by atoms with Crippen LogP contribution in [0.4, 0.5) is 5.69 Å². The molecule has 1 amide bonds. The Morgan fingerprint density at radius 3 is 2.66 bits per heavy atom. The van der Waals surface area contributed by atoms with Crippen molar-refractivity contribution >= 4 is 43.5 Å². The minimum atomic E-state index is -1.36. The maximum Gasteiger partial charge on any atom is 0.256 e. The number of carbonyl (C=O) groups is 1. The van der Waals surface area contributed by atoms with E-state index in [0.717, 1.165) is 28.4 Å². The van der Waals surface area contributed by atoms with Crippen LogP contribution in [0.1, 0.15) is 35.4 Å². The molecule has 0 radical (unpaired) electrons. The predicted molar refractivity (Wildman–Crippen MR) is 149 cm³/mol. The van der Waals surface area contributed by atoms with Gasteiger partial charge in [0, 0.05) is 33.2 Å². The SMILES string of the molecule is COc1cc([C@@H]2[C@@H]3CCCN3[C@]3(C(=O)Nc4ccccc43)[C@@H]2[N+](=O)[O-])cc(Br)c1OCc1ccc(Br)cc1. The Balaban J connectivity index is 1.42. The lowest BCUT2D eigenvalue weighted by atomic mass is 9.77. The van der Waals surface area contributed by atoms with E-state index in [1.807, 2.05) is 60.7 Å². The number of hydrogen-bond donors (Lipinski definition) is 1. The van der Waals surface area contributed by atoms with Gasteiger partial charge in [-0.15, -0.1) is 0 Å². The molecule has 1 N–H and O–H groups in total. The number of amides is 1. The van der Waals surface area contributed by atoms with E-state index in [0.29, 0.717) is 40.4 Å². The van der Waals surface area contributed by atoms with Gasteiger partial charge < -0.3 is 14.8 Å². The largest absolute Gasteiger partial charge is 0.493 e. The first-order valence-corrected chi connectivity index (χ1v) is 14.0. The molecule has 0 saturated carbocycles. The third kappa shape index (κ3) is 3.76. The Bertz CT molecular complexity index is 1430. The molecular formula is C28H25Br2N3O5. The summed E-state index contributed by atoms with van der Waals surface area (Å²) in [5.41, 5.74) is 1.71. The van der Waals surface area contributed by atoms with Crippen molar-refractivity contribution in [3.05, 3.63) is 96.4 Å². The third-order valence-electron chi connectivity index (χ3n) is 8.03. The van der Waals surface area contributed by atoms with Gasteiger partial charge in [0.25, 0.3) is 11.9 Å². The summed E-state index contributed by atoms with van der Waals surface area (Å²) in [6.07, 6.45) is 1.64. The zero-order chi connectivity index (χ0) is 26.6. The van der Waals surface area contributed by atoms with Gasteiger partial charge in [0.1, 0.15) is 6.61 Å². The lowest BCUT2D eigenvalue weighted by molar-refractivity contribution is -0.534. The average molecular weight is 643 g/mol. The predicted octanol–water partition coefficient (Wildman–Crippen LogP) is 5.85. The maximum atomic E-state index is 13.7. The molecule has 0 unspecified atom stereocenters. The second-order valence-corrected chi connectivity index (χ2v) is 11.6. The van der Waals surface area contributed by atoms with Crippen LogP contribution in [0.3, 0.4) is 0 Å². The molecule has 6 rings (SSSR count). The van der Waals surface area contributed by atoms with Gasteiger partial charge >= 0.3 is 0 Å². The van der Waals surface area contributed by atoms with Gasteiger partial charge in [-0.25, -0.2) is 0 Å². The third-order valence-corrected chi connectivity index (χ3v) is 9.14. The van der Waals surface area contributed by atoms with Crippen molar-refractivity contribution in [1.82, 2.24) is 4.90 Å². The number of nitro groups is 1. The number of fused-ring (bicyclic) bond motifs is 4. The van der Waals surface area contributed by atoms with Gasteiger partial charge in [0.05, 0.1) is 17.5 Å². The number of methoxy groups -OCH3 is 1. The second kappa shape index (κ2) is 9.66. The highest BCUT2D eigenvalue weighted by atomic mass is 79.9. The minimum Gasteiger partial charge on any atom is -0.493 e. The van der Waals surface area contributed by atoms with Gasteiger partial charge in [-0.1, -0.05) is 46.3 Å². The van der Waals surface area contributed by atoms with Crippen molar-refractivity contribution < 1.29 is 19.2 Å². The van der Waals surface area contributed by atoms with Gasteiger partial charge in [0.15, 0.2) is 17.0 Å². The molecule has 2 saturated heterocycles. The molecule has 3 heterocycles. The second-order valence-electron chi connectivity index (χ2n) is 9.87. The summed E-state index contributed by atoms with van der Waals surface area (Å²) >= 11 is 7.08. The summed E-state index contributed by atoms with van der Waals surface area (Å²) in [5.74, 6) is 0.164. The standard InChI is InChI=1S/C28H25Br2N3O5/c1-37-23-14-17(13-20(30)25(23)38-15-16-8-10-18(29)11-9-16)24-22-7-4-12-32(22)28(26(24)33(35)36)19-5-2-3-6-21(19)31-27(28)34/h2-3,5-6,8-11,13-14,22,24,26H,4,7,12,15H2,1H3,(H,31,34)/t22-,24+,26+,28-/m0/s1. The van der Waals surface area contributed by atoms with E-state index in [1.165, 1.54) is 0 Å². The molecule has 3 aliphatic rings. The molecule has 0 aromatic heterocycles. The number of halogens is 2. The zero-order valence-corrected chi connectivity index (χ0v) is 23.7. The lowest BCUT2D eigenvalue weighted by Gasteiger charge is -2.32. The number of rotatable bonds is 6. The first-order chi connectivity index (χ1) is 18.4. The van der Waals surface area contributed by atoms with E-state index >= 15 is 0 Å². The molecule has 2 fully saturated rings. The summed E-state index contributed by atoms with van der Waals surface area (Å²) in [6, 6.07) is 17.6. The quantitative estimate of drug-likeness (QED) is 0.268. The van der Waals surface area contributed by atoms with E-state index in [2.05, 4.69) is 42.1 Å². The topological polar surface area (TPSA) is 93.9 Å². The van der Waals surface area contributed by atoms with E-state index in [-0.39, 0.29) is 16.9 Å². The molecule has 3 aliphatic heterocycles. The van der Waals surface area contributed by atoms with Gasteiger partial charge in [0.2, 0.25) is 0 Å². The fraction of sp³-hybridized carbons (Fsp3) is 0.321. The average Bonchev–Trinajstić information content (AvgIpc) is 3.57. The number of nitrogens with zero attached hydrogens (tertiary/aromatic N) is 2. The van der Waals surface area contributed by atoms with E-state index < -0.39 is 17.5 Å². The highest BCUT2D eigenvalue weighted by Gasteiger charge is 2.73. The molecule has 3 aromatic rings. The normalized spacial score (nSPS) is 25.8. The van der Waals surface area contributed by atoms with Crippen LogP contribution in [0.15, 0.2) is 69.6 Å². The summed E-state index contributed by atoms with van der Waals surface area (Å²) in [5, 5.41) is 15.8. The molecule has 4 atom stereocenters. The van der Waals surface area contributed by atoms with Crippen LogP contribution in [0, 0.1) is 10.1 Å². The fourth-order valence-electron chi connectivity index (χ4n) is 6.58. The molecule has 1 spiro atoms. The molecule has 0 bridgehead atoms. The zero-order valence-electron chi connectivity index (χ0n) is 20.5. The minimum absolute atomic E-state index is 0.159. The summed E-state index contributed by atoms with van der Waals surface area (Å²) in [6.45, 7) is 0.957. The molecule has 38 heavy (non-hydrogen) atoms. The van der Waals surface area contributed by atoms with Crippen LogP contribution in [0.25, 0.3) is 0 Å². The van der Waals surface area contributed by atoms with Crippen LogP contribution in [-0.4, -0.2) is 41.5 Å². The molecule has 8 nitrogen and oxygen atoms in total. The van der Waals surface area contributed by atoms with E-state index in [1.54, 1.807) is 7.11 Å². The number of benzene rings is 3. The van der Waals surface area contributed by atoms with Gasteiger partial charge in [-0.3, -0.25) is 19.8 Å². The molecular weight excluding hydrogens is 618 g/mol. The first-order valence-electron chi connectivity index (χ1n) is 12.4. The van der Waals surface area contributed by atoms with E-state index in [9.17, 15) is 14.9 Å². The first kappa shape index (κ1) is 25.3. The Hall–Kier alpha value is -2.95. The summed E-state index contributed by atoms with van der Waals surface area (Å²) in [7, 11) is 1.56. The highest BCUT2D eigenvalue weighted by Crippen LogP contribution is 2.58. The molecule has 0 aliphatic carbocycles. The van der Waals surface area contributed by atoms with Crippen LogP contribution >= 0.6 is 31.9 Å². The monoisotopic (exact) mass is 641 g/mol. The van der Waals surface area contributed by atoms with Crippen molar-refractivity contribution in [3.63, 3.8) is 0 Å². The number of ether oxygens (including phenoxy) is 2. The van der Waals surface area contributed by atoms with Crippen LogP contribution in [0.2, 0.25) is 0 Å². The van der Waals surface area contributed by atoms with Crippen LogP contribution in [-0.2, 0) is 16.9 Å². The molecule has 10 heteroatoms. The number of hydrogen-bond acceptors (Lipinski definition) is 6. The van der Waals surface area contributed by atoms with Gasteiger partial charge in [-0.05, 0) is 70.2 Å². The van der Waals surface area contributed by atoms with Crippen LogP contribution in [0.5, 0.6) is 11.5 Å². The fourth-order valence-corrected chi connectivity index (χ4v) is 7.42. The van der Waals surface area contributed by atoms with Crippen molar-refractivity contribution in [1.29, 1.82) is 0 Å². The van der Waals surface area contributed by atoms with Crippen molar-refractivity contribution in [2.24, 2.45) is 0 Å². The number of carbonyl (C=O) groups excluding carboxylic acids is 1. The lowest BCUT2D eigenvalue weighted by Crippen LogP contribution is -2.55. The molecule has 3 aromatic carbocycles. The van der Waals surface area contributed by atoms with Crippen LogP contribution < -0.4 is 14.8 Å². The highest BCUT2D eigenvalue weighted by molar-refractivity contribution is 9.10.